The number of nitrogen functional groups attached to an aromatic ring is 1. The molecule has 4 nitrogen and oxygen atoms in total. The van der Waals surface area contributed by atoms with Crippen LogP contribution in [0, 0.1) is 0 Å². The number of nitrogens with zero attached hydrogens (tertiary/aromatic N) is 1. The highest BCUT2D eigenvalue weighted by atomic mass is 16.1. The Hall–Kier alpha value is -1.58. The standard InChI is InChI=1S/C6H7N3O/c7-6-4-5(8-9-6)2-1-3-10/h1-4H,(H3,7,8,9). The zero-order chi connectivity index (χ0) is 7.40. The molecular formula is C6H7N3O. The summed E-state index contributed by atoms with van der Waals surface area (Å²) in [5.74, 6) is 0.422. The zero-order valence-electron chi connectivity index (χ0n) is 5.24. The first kappa shape index (κ1) is 6.54. The van der Waals surface area contributed by atoms with Crippen molar-refractivity contribution in [2.75, 3.05) is 5.73 Å². The van der Waals surface area contributed by atoms with Crippen LogP contribution in [-0.4, -0.2) is 16.5 Å². The lowest BCUT2D eigenvalue weighted by molar-refractivity contribution is -0.104. The highest BCUT2D eigenvalue weighted by Crippen LogP contribution is 2.00. The third-order valence-corrected chi connectivity index (χ3v) is 0.972. The molecule has 0 saturated heterocycles. The van der Waals surface area contributed by atoms with Crippen LogP contribution in [0.3, 0.4) is 0 Å². The second-order valence-corrected chi connectivity index (χ2v) is 1.74. The van der Waals surface area contributed by atoms with Crippen molar-refractivity contribution in [3.05, 3.63) is 17.8 Å². The molecule has 0 aliphatic rings. The summed E-state index contributed by atoms with van der Waals surface area (Å²) in [6.07, 6.45) is 3.65. The molecule has 1 aromatic rings. The molecule has 0 aliphatic carbocycles. The summed E-state index contributed by atoms with van der Waals surface area (Å²) in [5, 5.41) is 6.27. The number of allylic oxidation sites excluding steroid dienone is 1. The van der Waals surface area contributed by atoms with E-state index in [4.69, 9.17) is 5.73 Å². The Kier molecular flexibility index (Phi) is 1.84. The predicted octanol–water partition coefficient (Wildman–Crippen LogP) is 0.204. The Morgan fingerprint density at radius 1 is 1.70 bits per heavy atom. The van der Waals surface area contributed by atoms with Gasteiger partial charge >= 0.3 is 0 Å². The molecule has 1 aromatic heterocycles. The molecule has 10 heavy (non-hydrogen) atoms. The number of carbonyl (C=O) groups is 1. The van der Waals surface area contributed by atoms with Gasteiger partial charge in [-0.1, -0.05) is 0 Å². The van der Waals surface area contributed by atoms with Gasteiger partial charge in [0.1, 0.15) is 12.1 Å². The van der Waals surface area contributed by atoms with Gasteiger partial charge in [0, 0.05) is 6.07 Å². The minimum absolute atomic E-state index is 0.422. The fraction of sp³-hybridized carbons (Fsp3) is 0. The molecular weight excluding hydrogens is 130 g/mol. The van der Waals surface area contributed by atoms with E-state index in [1.54, 1.807) is 12.1 Å². The number of rotatable bonds is 2. The molecule has 3 N–H and O–H groups in total. The lowest BCUT2D eigenvalue weighted by Gasteiger charge is -1.75. The number of anilines is 1. The summed E-state index contributed by atoms with van der Waals surface area (Å²) in [6, 6.07) is 1.64. The average Bonchev–Trinajstić information content (AvgIpc) is 2.31. The molecule has 4 heteroatoms. The Morgan fingerprint density at radius 2 is 2.50 bits per heavy atom. The van der Waals surface area contributed by atoms with Crippen molar-refractivity contribution < 1.29 is 4.79 Å². The minimum atomic E-state index is 0.422. The second-order valence-electron chi connectivity index (χ2n) is 1.74. The van der Waals surface area contributed by atoms with Crippen LogP contribution in [0.1, 0.15) is 5.69 Å². The highest BCUT2D eigenvalue weighted by Gasteiger charge is 1.89. The van der Waals surface area contributed by atoms with Crippen LogP contribution in [0.25, 0.3) is 6.08 Å². The smallest absolute Gasteiger partial charge is 0.145 e. The lowest BCUT2D eigenvalue weighted by Crippen LogP contribution is -1.81. The minimum Gasteiger partial charge on any atom is -0.382 e. The van der Waals surface area contributed by atoms with Crippen LogP contribution < -0.4 is 5.73 Å². The van der Waals surface area contributed by atoms with E-state index >= 15 is 0 Å². The molecule has 0 amide bonds. The third kappa shape index (κ3) is 1.45. The van der Waals surface area contributed by atoms with Gasteiger partial charge in [0.2, 0.25) is 0 Å². The van der Waals surface area contributed by atoms with Crippen molar-refractivity contribution >= 4 is 18.2 Å². The van der Waals surface area contributed by atoms with Crippen LogP contribution in [-0.2, 0) is 4.79 Å². The Labute approximate surface area is 57.7 Å². The van der Waals surface area contributed by atoms with E-state index in [2.05, 4.69) is 10.2 Å². The summed E-state index contributed by atoms with van der Waals surface area (Å²) < 4.78 is 0. The van der Waals surface area contributed by atoms with Gasteiger partial charge in [0.05, 0.1) is 5.69 Å². The van der Waals surface area contributed by atoms with E-state index in [0.29, 0.717) is 12.1 Å². The van der Waals surface area contributed by atoms with Crippen molar-refractivity contribution in [2.45, 2.75) is 0 Å². The van der Waals surface area contributed by atoms with Gasteiger partial charge in [-0.05, 0) is 12.2 Å². The van der Waals surface area contributed by atoms with E-state index < -0.39 is 0 Å². The number of H-pyrrole nitrogens is 1. The summed E-state index contributed by atoms with van der Waals surface area (Å²) in [6.45, 7) is 0. The summed E-state index contributed by atoms with van der Waals surface area (Å²) in [5.41, 5.74) is 6.01. The van der Waals surface area contributed by atoms with Gasteiger partial charge < -0.3 is 5.73 Å². The fourth-order valence-corrected chi connectivity index (χ4v) is 0.581. The van der Waals surface area contributed by atoms with E-state index in [0.717, 1.165) is 5.69 Å². The normalized spacial score (nSPS) is 10.4. The number of hydrogen-bond donors (Lipinski definition) is 2. The number of aldehydes is 1. The van der Waals surface area contributed by atoms with Crippen LogP contribution >= 0.6 is 0 Å². The molecule has 0 aliphatic heterocycles. The monoisotopic (exact) mass is 137 g/mol. The van der Waals surface area contributed by atoms with Gasteiger partial charge in [-0.3, -0.25) is 9.89 Å². The van der Waals surface area contributed by atoms with Crippen molar-refractivity contribution in [1.29, 1.82) is 0 Å². The lowest BCUT2D eigenvalue weighted by atomic mass is 10.4. The Bertz CT molecular complexity index is 251. The molecule has 0 unspecified atom stereocenters. The molecule has 0 saturated carbocycles. The molecule has 0 bridgehead atoms. The van der Waals surface area contributed by atoms with Gasteiger partial charge in [-0.2, -0.15) is 5.10 Å². The number of nitrogens with two attached hydrogens (primary N) is 1. The number of aromatic amines is 1. The molecule has 52 valence electrons. The molecule has 0 aromatic carbocycles. The first-order valence-corrected chi connectivity index (χ1v) is 2.75. The maximum Gasteiger partial charge on any atom is 0.145 e. The van der Waals surface area contributed by atoms with E-state index in [-0.39, 0.29) is 0 Å². The largest absolute Gasteiger partial charge is 0.382 e. The van der Waals surface area contributed by atoms with Crippen LogP contribution in [0.2, 0.25) is 0 Å². The second kappa shape index (κ2) is 2.82. The van der Waals surface area contributed by atoms with E-state index in [1.807, 2.05) is 0 Å². The number of carbonyl (C=O) groups excluding carboxylic acids is 1. The molecule has 0 spiro atoms. The van der Waals surface area contributed by atoms with Crippen molar-refractivity contribution in [1.82, 2.24) is 10.2 Å². The first-order valence-electron chi connectivity index (χ1n) is 2.75. The molecule has 1 rings (SSSR count). The number of nitrogens with one attached hydrogen (secondary N) is 1. The molecule has 0 radical (unpaired) electrons. The predicted molar refractivity (Wildman–Crippen MR) is 38.1 cm³/mol. The van der Waals surface area contributed by atoms with Crippen molar-refractivity contribution in [3.63, 3.8) is 0 Å². The van der Waals surface area contributed by atoms with E-state index in [1.165, 1.54) is 6.08 Å². The van der Waals surface area contributed by atoms with Gasteiger partial charge in [0.25, 0.3) is 0 Å². The molecule has 0 fully saturated rings. The maximum atomic E-state index is 9.83. The van der Waals surface area contributed by atoms with Gasteiger partial charge in [0.15, 0.2) is 0 Å². The van der Waals surface area contributed by atoms with Crippen molar-refractivity contribution in [3.8, 4) is 0 Å². The fourth-order valence-electron chi connectivity index (χ4n) is 0.581. The van der Waals surface area contributed by atoms with Gasteiger partial charge in [-0.25, -0.2) is 0 Å². The first-order chi connectivity index (χ1) is 4.83. The number of aromatic nitrogens is 2. The van der Waals surface area contributed by atoms with Crippen molar-refractivity contribution in [2.24, 2.45) is 0 Å². The third-order valence-electron chi connectivity index (χ3n) is 0.972. The molecule has 1 heterocycles. The SMILES string of the molecule is Nc1cc(C=CC=O)[nH]n1. The van der Waals surface area contributed by atoms with Crippen LogP contribution in [0.4, 0.5) is 5.82 Å². The van der Waals surface area contributed by atoms with Crippen LogP contribution in [0.15, 0.2) is 12.1 Å². The summed E-state index contributed by atoms with van der Waals surface area (Å²) in [7, 11) is 0. The zero-order valence-corrected chi connectivity index (χ0v) is 5.24. The Balaban J connectivity index is 2.75. The molecule has 0 atom stereocenters. The summed E-state index contributed by atoms with van der Waals surface area (Å²) >= 11 is 0. The maximum absolute atomic E-state index is 9.83. The van der Waals surface area contributed by atoms with E-state index in [9.17, 15) is 4.79 Å². The van der Waals surface area contributed by atoms with Crippen LogP contribution in [0.5, 0.6) is 0 Å². The quantitative estimate of drug-likeness (QED) is 0.452. The topological polar surface area (TPSA) is 71.8 Å². The van der Waals surface area contributed by atoms with Gasteiger partial charge in [-0.15, -0.1) is 0 Å². The summed E-state index contributed by atoms with van der Waals surface area (Å²) in [4.78, 5) is 9.83. The highest BCUT2D eigenvalue weighted by molar-refractivity contribution is 5.73. The Morgan fingerprint density at radius 3 is 3.00 bits per heavy atom. The average molecular weight is 137 g/mol. The number of hydrogen-bond acceptors (Lipinski definition) is 3.